The molecule has 0 aliphatic carbocycles. The molecule has 1 aromatic carbocycles. The van der Waals surface area contributed by atoms with Crippen molar-refractivity contribution in [1.82, 2.24) is 30.1 Å². The molecule has 7 nitrogen and oxygen atoms in total. The van der Waals surface area contributed by atoms with E-state index in [-0.39, 0.29) is 17.3 Å². The molecule has 31 heavy (non-hydrogen) atoms. The Kier molecular flexibility index (Phi) is 5.16. The van der Waals surface area contributed by atoms with Gasteiger partial charge in [-0.05, 0) is 66.7 Å². The van der Waals surface area contributed by atoms with Crippen LogP contribution in [0, 0.1) is 11.6 Å². The Morgan fingerprint density at radius 1 is 1.10 bits per heavy atom. The van der Waals surface area contributed by atoms with Crippen LogP contribution >= 0.6 is 11.3 Å². The van der Waals surface area contributed by atoms with Crippen molar-refractivity contribution in [3.63, 3.8) is 0 Å². The number of tetrazole rings is 1. The quantitative estimate of drug-likeness (QED) is 0.508. The molecule has 1 aliphatic rings. The maximum atomic E-state index is 14.3. The van der Waals surface area contributed by atoms with Gasteiger partial charge in [-0.3, -0.25) is 4.90 Å². The lowest BCUT2D eigenvalue weighted by Gasteiger charge is -2.12. The molecule has 0 radical (unpaired) electrons. The fourth-order valence-electron chi connectivity index (χ4n) is 3.74. The summed E-state index contributed by atoms with van der Waals surface area (Å²) in [5, 5.41) is 11.5. The van der Waals surface area contributed by atoms with Gasteiger partial charge < -0.3 is 5.73 Å². The molecule has 0 bridgehead atoms. The fourth-order valence-corrected chi connectivity index (χ4v) is 4.77. The highest BCUT2D eigenvalue weighted by molar-refractivity contribution is 7.15. The second-order valence-corrected chi connectivity index (χ2v) is 8.56. The zero-order valence-electron chi connectivity index (χ0n) is 16.5. The standard InChI is InChI=1S/C21H19F2N7S/c22-16-4-3-5-17(19(16)23)30-21(26-27-28-30)15-10-13(11-25-20(15)24)18-7-6-14(31-18)12-29-8-1-2-9-29/h3-7,10-11H,1-2,8-9,12H2,(H2,24,25). The number of hydrogen-bond acceptors (Lipinski definition) is 7. The molecule has 158 valence electrons. The monoisotopic (exact) mass is 439 g/mol. The minimum atomic E-state index is -1.04. The normalized spacial score (nSPS) is 14.4. The van der Waals surface area contributed by atoms with Crippen molar-refractivity contribution in [2.24, 2.45) is 0 Å². The Morgan fingerprint density at radius 3 is 2.77 bits per heavy atom. The Bertz CT molecular complexity index is 1230. The van der Waals surface area contributed by atoms with E-state index in [9.17, 15) is 8.78 Å². The van der Waals surface area contributed by atoms with E-state index < -0.39 is 11.6 Å². The predicted molar refractivity (Wildman–Crippen MR) is 115 cm³/mol. The highest BCUT2D eigenvalue weighted by atomic mass is 32.1. The number of nitrogen functional groups attached to an aromatic ring is 1. The zero-order chi connectivity index (χ0) is 21.4. The third kappa shape index (κ3) is 3.79. The third-order valence-electron chi connectivity index (χ3n) is 5.31. The highest BCUT2D eigenvalue weighted by Crippen LogP contribution is 2.34. The molecule has 0 amide bonds. The van der Waals surface area contributed by atoms with Crippen LogP contribution in [0.5, 0.6) is 0 Å². The number of anilines is 1. The first-order valence-corrected chi connectivity index (χ1v) is 10.7. The van der Waals surface area contributed by atoms with E-state index in [1.807, 2.05) is 6.07 Å². The van der Waals surface area contributed by atoms with Crippen molar-refractivity contribution >= 4 is 17.2 Å². The van der Waals surface area contributed by atoms with Crippen LogP contribution in [-0.2, 0) is 6.54 Å². The van der Waals surface area contributed by atoms with Gasteiger partial charge in [-0.15, -0.1) is 16.4 Å². The number of thiophene rings is 1. The molecule has 1 saturated heterocycles. The van der Waals surface area contributed by atoms with Gasteiger partial charge in [0, 0.05) is 28.1 Å². The number of benzene rings is 1. The third-order valence-corrected chi connectivity index (χ3v) is 6.43. The summed E-state index contributed by atoms with van der Waals surface area (Å²) in [4.78, 5) is 9.06. The summed E-state index contributed by atoms with van der Waals surface area (Å²) < 4.78 is 29.2. The Balaban J connectivity index is 1.50. The second kappa shape index (κ2) is 8.12. The first-order chi connectivity index (χ1) is 15.1. The van der Waals surface area contributed by atoms with Crippen LogP contribution in [-0.4, -0.2) is 43.2 Å². The predicted octanol–water partition coefficient (Wildman–Crippen LogP) is 3.91. The highest BCUT2D eigenvalue weighted by Gasteiger charge is 2.20. The number of nitrogens with zero attached hydrogens (tertiary/aromatic N) is 6. The average Bonchev–Trinajstić information content (AvgIpc) is 3.53. The molecule has 4 heterocycles. The number of nitrogens with two attached hydrogens (primary N) is 1. The maximum Gasteiger partial charge on any atom is 0.190 e. The summed E-state index contributed by atoms with van der Waals surface area (Å²) in [5.74, 6) is -1.64. The summed E-state index contributed by atoms with van der Waals surface area (Å²) in [5.41, 5.74) is 7.30. The van der Waals surface area contributed by atoms with Crippen LogP contribution in [0.15, 0.2) is 42.6 Å². The van der Waals surface area contributed by atoms with Gasteiger partial charge in [-0.1, -0.05) is 6.07 Å². The van der Waals surface area contributed by atoms with E-state index in [1.165, 1.54) is 29.9 Å². The molecule has 2 N–H and O–H groups in total. The number of likely N-dealkylation sites (tertiary alicyclic amines) is 1. The van der Waals surface area contributed by atoms with Crippen LogP contribution < -0.4 is 5.73 Å². The van der Waals surface area contributed by atoms with E-state index in [2.05, 4.69) is 37.5 Å². The Labute approximate surface area is 181 Å². The van der Waals surface area contributed by atoms with Crippen LogP contribution in [0.1, 0.15) is 17.7 Å². The van der Waals surface area contributed by atoms with Crippen LogP contribution in [0.3, 0.4) is 0 Å². The molecule has 0 atom stereocenters. The lowest BCUT2D eigenvalue weighted by molar-refractivity contribution is 0.334. The van der Waals surface area contributed by atoms with E-state index in [0.717, 1.165) is 40.8 Å². The largest absolute Gasteiger partial charge is 0.383 e. The molecule has 5 rings (SSSR count). The van der Waals surface area contributed by atoms with Crippen LogP contribution in [0.4, 0.5) is 14.6 Å². The molecule has 4 aromatic rings. The van der Waals surface area contributed by atoms with E-state index >= 15 is 0 Å². The summed E-state index contributed by atoms with van der Waals surface area (Å²) in [7, 11) is 0. The van der Waals surface area contributed by atoms with E-state index in [0.29, 0.717) is 5.56 Å². The van der Waals surface area contributed by atoms with Gasteiger partial charge in [0.1, 0.15) is 11.5 Å². The van der Waals surface area contributed by atoms with Gasteiger partial charge >= 0.3 is 0 Å². The van der Waals surface area contributed by atoms with Crippen molar-refractivity contribution in [1.29, 1.82) is 0 Å². The smallest absolute Gasteiger partial charge is 0.190 e. The van der Waals surface area contributed by atoms with Gasteiger partial charge in [0.25, 0.3) is 0 Å². The van der Waals surface area contributed by atoms with Gasteiger partial charge in [0.05, 0.1) is 5.56 Å². The molecule has 10 heteroatoms. The van der Waals surface area contributed by atoms with Crippen LogP contribution in [0.2, 0.25) is 0 Å². The van der Waals surface area contributed by atoms with Crippen molar-refractivity contribution in [2.45, 2.75) is 19.4 Å². The molecular formula is C21H19F2N7S. The van der Waals surface area contributed by atoms with Crippen LogP contribution in [0.25, 0.3) is 27.5 Å². The maximum absolute atomic E-state index is 14.3. The SMILES string of the molecule is Nc1ncc(-c2ccc(CN3CCCC3)s2)cc1-c1nnnn1-c1cccc(F)c1F. The number of pyridine rings is 1. The molecule has 0 saturated carbocycles. The van der Waals surface area contributed by atoms with Gasteiger partial charge in [0.2, 0.25) is 0 Å². The summed E-state index contributed by atoms with van der Waals surface area (Å²) in [6, 6.07) is 9.84. The van der Waals surface area contributed by atoms with Gasteiger partial charge in [-0.25, -0.2) is 13.8 Å². The first kappa shape index (κ1) is 19.7. The molecule has 1 aliphatic heterocycles. The van der Waals surface area contributed by atoms with Crippen molar-refractivity contribution < 1.29 is 8.78 Å². The van der Waals surface area contributed by atoms with Crippen molar-refractivity contribution in [3.8, 4) is 27.5 Å². The first-order valence-electron chi connectivity index (χ1n) is 9.90. The number of halogens is 2. The second-order valence-electron chi connectivity index (χ2n) is 7.39. The molecule has 1 fully saturated rings. The Hall–Kier alpha value is -3.24. The zero-order valence-corrected chi connectivity index (χ0v) is 17.3. The van der Waals surface area contributed by atoms with E-state index in [1.54, 1.807) is 17.5 Å². The minimum absolute atomic E-state index is 0.103. The van der Waals surface area contributed by atoms with E-state index in [4.69, 9.17) is 5.73 Å². The Morgan fingerprint density at radius 2 is 1.94 bits per heavy atom. The minimum Gasteiger partial charge on any atom is -0.383 e. The molecule has 0 spiro atoms. The van der Waals surface area contributed by atoms with Crippen molar-refractivity contribution in [2.75, 3.05) is 18.8 Å². The summed E-state index contributed by atoms with van der Waals surface area (Å²) >= 11 is 1.70. The topological polar surface area (TPSA) is 85.8 Å². The number of rotatable bonds is 5. The lowest BCUT2D eigenvalue weighted by atomic mass is 10.1. The number of hydrogen-bond donors (Lipinski definition) is 1. The molecule has 3 aromatic heterocycles. The molecular weight excluding hydrogens is 420 g/mol. The molecule has 0 unspecified atom stereocenters. The summed E-state index contributed by atoms with van der Waals surface area (Å²) in [6.45, 7) is 3.22. The summed E-state index contributed by atoms with van der Waals surface area (Å²) in [6.07, 6.45) is 4.20. The number of aromatic nitrogens is 5. The average molecular weight is 439 g/mol. The van der Waals surface area contributed by atoms with Gasteiger partial charge in [-0.2, -0.15) is 4.68 Å². The van der Waals surface area contributed by atoms with Crippen molar-refractivity contribution in [3.05, 3.63) is 59.1 Å². The fraction of sp³-hybridized carbons (Fsp3) is 0.238. The van der Waals surface area contributed by atoms with Gasteiger partial charge in [0.15, 0.2) is 17.5 Å². The lowest BCUT2D eigenvalue weighted by Crippen LogP contribution is -2.17.